The summed E-state index contributed by atoms with van der Waals surface area (Å²) >= 11 is 0. The molecule has 8 nitrogen and oxygen atoms in total. The first-order chi connectivity index (χ1) is 13.4. The summed E-state index contributed by atoms with van der Waals surface area (Å²) < 4.78 is 0. The number of amides is 3. The zero-order valence-corrected chi connectivity index (χ0v) is 15.6. The Kier molecular flexibility index (Phi) is 5.36. The second-order valence-corrected chi connectivity index (χ2v) is 7.04. The molecule has 0 bridgehead atoms. The molecule has 3 rings (SSSR count). The molecule has 2 heterocycles. The van der Waals surface area contributed by atoms with Crippen LogP contribution in [-0.2, 0) is 16.0 Å². The molecule has 3 amide bonds. The monoisotopic (exact) mass is 382 g/mol. The SMILES string of the molecule is C#CC[C@@H](NC(=O)O)C(=O)N1CCC2=NN(C)C(=O)[C@]2(Cc2ccccc2)C1. The highest BCUT2D eigenvalue weighted by Gasteiger charge is 2.53. The van der Waals surface area contributed by atoms with Gasteiger partial charge < -0.3 is 15.3 Å². The van der Waals surface area contributed by atoms with Crippen LogP contribution in [-0.4, -0.2) is 64.8 Å². The second-order valence-electron chi connectivity index (χ2n) is 7.04. The highest BCUT2D eigenvalue weighted by molar-refractivity contribution is 6.13. The van der Waals surface area contributed by atoms with Crippen LogP contribution in [0, 0.1) is 17.8 Å². The van der Waals surface area contributed by atoms with Crippen molar-refractivity contribution < 1.29 is 19.5 Å². The molecule has 8 heteroatoms. The van der Waals surface area contributed by atoms with Gasteiger partial charge >= 0.3 is 6.09 Å². The smallest absolute Gasteiger partial charge is 0.405 e. The van der Waals surface area contributed by atoms with E-state index in [1.54, 1.807) is 7.05 Å². The molecular weight excluding hydrogens is 360 g/mol. The Morgan fingerprint density at radius 2 is 2.11 bits per heavy atom. The molecule has 0 unspecified atom stereocenters. The van der Waals surface area contributed by atoms with Crippen LogP contribution < -0.4 is 5.32 Å². The molecule has 1 aromatic carbocycles. The number of hydrogen-bond acceptors (Lipinski definition) is 4. The van der Waals surface area contributed by atoms with E-state index in [2.05, 4.69) is 16.3 Å². The molecule has 2 aliphatic heterocycles. The quantitative estimate of drug-likeness (QED) is 0.740. The number of benzene rings is 1. The van der Waals surface area contributed by atoms with Gasteiger partial charge in [0.05, 0.1) is 5.71 Å². The maximum absolute atomic E-state index is 13.0. The number of fused-ring (bicyclic) bond motifs is 1. The average molecular weight is 382 g/mol. The van der Waals surface area contributed by atoms with Gasteiger partial charge in [0, 0.05) is 33.0 Å². The third-order valence-electron chi connectivity index (χ3n) is 5.18. The zero-order valence-electron chi connectivity index (χ0n) is 15.6. The van der Waals surface area contributed by atoms with E-state index < -0.39 is 23.5 Å². The number of likely N-dealkylation sites (tertiary alicyclic amines) is 1. The summed E-state index contributed by atoms with van der Waals surface area (Å²) in [5.74, 6) is 1.75. The van der Waals surface area contributed by atoms with Crippen molar-refractivity contribution in [3.63, 3.8) is 0 Å². The second kappa shape index (κ2) is 7.72. The molecule has 0 spiro atoms. The Labute approximate surface area is 163 Å². The van der Waals surface area contributed by atoms with E-state index in [1.807, 2.05) is 30.3 Å². The van der Waals surface area contributed by atoms with Gasteiger partial charge in [-0.3, -0.25) is 9.59 Å². The Morgan fingerprint density at radius 3 is 2.75 bits per heavy atom. The number of terminal acetylenes is 1. The van der Waals surface area contributed by atoms with Gasteiger partial charge in [-0.05, 0) is 12.0 Å². The summed E-state index contributed by atoms with van der Waals surface area (Å²) in [5, 5.41) is 16.9. The number of nitrogens with one attached hydrogen (secondary N) is 1. The first-order valence-electron chi connectivity index (χ1n) is 8.99. The van der Waals surface area contributed by atoms with Gasteiger partial charge in [-0.15, -0.1) is 12.3 Å². The third-order valence-corrected chi connectivity index (χ3v) is 5.18. The number of carbonyl (C=O) groups is 3. The zero-order chi connectivity index (χ0) is 20.3. The molecule has 0 aromatic heterocycles. The van der Waals surface area contributed by atoms with Crippen molar-refractivity contribution in [3.05, 3.63) is 35.9 Å². The fourth-order valence-electron chi connectivity index (χ4n) is 3.90. The van der Waals surface area contributed by atoms with Crippen LogP contribution in [0.3, 0.4) is 0 Å². The molecule has 2 N–H and O–H groups in total. The highest BCUT2D eigenvalue weighted by Crippen LogP contribution is 2.38. The minimum Gasteiger partial charge on any atom is -0.465 e. The van der Waals surface area contributed by atoms with Crippen LogP contribution >= 0.6 is 0 Å². The van der Waals surface area contributed by atoms with E-state index in [0.29, 0.717) is 19.4 Å². The van der Waals surface area contributed by atoms with Crippen molar-refractivity contribution in [2.75, 3.05) is 20.1 Å². The van der Waals surface area contributed by atoms with Crippen molar-refractivity contribution in [1.29, 1.82) is 0 Å². The number of carbonyl (C=O) groups excluding carboxylic acids is 2. The number of nitrogens with zero attached hydrogens (tertiary/aromatic N) is 3. The highest BCUT2D eigenvalue weighted by atomic mass is 16.4. The van der Waals surface area contributed by atoms with Crippen molar-refractivity contribution >= 4 is 23.6 Å². The largest absolute Gasteiger partial charge is 0.465 e. The summed E-state index contributed by atoms with van der Waals surface area (Å²) in [6.07, 6.45) is 4.79. The van der Waals surface area contributed by atoms with Crippen LogP contribution in [0.5, 0.6) is 0 Å². The van der Waals surface area contributed by atoms with Gasteiger partial charge in [-0.25, -0.2) is 9.80 Å². The Balaban J connectivity index is 1.89. The Morgan fingerprint density at radius 1 is 1.39 bits per heavy atom. The summed E-state index contributed by atoms with van der Waals surface area (Å²) in [5.41, 5.74) is 0.790. The number of hydrazone groups is 1. The van der Waals surface area contributed by atoms with Gasteiger partial charge in [0.25, 0.3) is 5.91 Å². The summed E-state index contributed by atoms with van der Waals surface area (Å²) in [7, 11) is 1.61. The molecule has 1 saturated heterocycles. The van der Waals surface area contributed by atoms with Gasteiger partial charge in [0.1, 0.15) is 11.5 Å². The summed E-state index contributed by atoms with van der Waals surface area (Å²) in [6, 6.07) is 8.54. The van der Waals surface area contributed by atoms with Gasteiger partial charge in [0.2, 0.25) is 5.91 Å². The predicted octanol–water partition coefficient (Wildman–Crippen LogP) is 0.935. The lowest BCUT2D eigenvalue weighted by Crippen LogP contribution is -2.58. The van der Waals surface area contributed by atoms with Crippen LogP contribution in [0.25, 0.3) is 0 Å². The average Bonchev–Trinajstić information content (AvgIpc) is 2.91. The van der Waals surface area contributed by atoms with Crippen LogP contribution in [0.1, 0.15) is 18.4 Å². The van der Waals surface area contributed by atoms with Crippen molar-refractivity contribution in [2.45, 2.75) is 25.3 Å². The first-order valence-corrected chi connectivity index (χ1v) is 8.99. The van der Waals surface area contributed by atoms with E-state index in [1.165, 1.54) is 9.91 Å². The molecule has 28 heavy (non-hydrogen) atoms. The third kappa shape index (κ3) is 3.56. The molecule has 0 radical (unpaired) electrons. The normalized spacial score (nSPS) is 22.1. The summed E-state index contributed by atoms with van der Waals surface area (Å²) in [4.78, 5) is 38.5. The predicted molar refractivity (Wildman–Crippen MR) is 102 cm³/mol. The lowest BCUT2D eigenvalue weighted by Gasteiger charge is -2.40. The van der Waals surface area contributed by atoms with Crippen LogP contribution in [0.4, 0.5) is 4.79 Å². The maximum atomic E-state index is 13.0. The van der Waals surface area contributed by atoms with E-state index in [4.69, 9.17) is 11.5 Å². The lowest BCUT2D eigenvalue weighted by molar-refractivity contribution is -0.140. The fourth-order valence-corrected chi connectivity index (χ4v) is 3.90. The Bertz CT molecular complexity index is 861. The number of hydrogen-bond donors (Lipinski definition) is 2. The van der Waals surface area contributed by atoms with Crippen LogP contribution in [0.15, 0.2) is 35.4 Å². The molecule has 0 saturated carbocycles. The molecule has 146 valence electrons. The van der Waals surface area contributed by atoms with E-state index in [9.17, 15) is 14.4 Å². The standard InChI is InChI=1S/C20H22N4O4/c1-3-7-15(21-19(27)28)17(25)24-11-10-16-20(13-24,18(26)23(2)22-16)12-14-8-5-4-6-9-14/h1,4-6,8-9,15,21H,7,10-13H2,2H3,(H,27,28)/t15-,20-/m1/s1. The van der Waals surface area contributed by atoms with Gasteiger partial charge in [0.15, 0.2) is 0 Å². The van der Waals surface area contributed by atoms with Gasteiger partial charge in [-0.1, -0.05) is 30.3 Å². The molecule has 1 aromatic rings. The number of piperidine rings is 1. The molecular formula is C20H22N4O4. The fraction of sp³-hybridized carbons (Fsp3) is 0.400. The minimum absolute atomic E-state index is 0.0535. The van der Waals surface area contributed by atoms with Gasteiger partial charge in [-0.2, -0.15) is 5.10 Å². The van der Waals surface area contributed by atoms with Crippen molar-refractivity contribution in [2.24, 2.45) is 10.5 Å². The molecule has 1 fully saturated rings. The number of carboxylic acid groups (broad SMARTS) is 1. The molecule has 2 aliphatic rings. The molecule has 2 atom stereocenters. The Hall–Kier alpha value is -3.34. The van der Waals surface area contributed by atoms with Crippen molar-refractivity contribution in [3.8, 4) is 12.3 Å². The van der Waals surface area contributed by atoms with Crippen LogP contribution in [0.2, 0.25) is 0 Å². The lowest BCUT2D eigenvalue weighted by atomic mass is 9.73. The van der Waals surface area contributed by atoms with E-state index in [0.717, 1.165) is 11.3 Å². The minimum atomic E-state index is -1.32. The van der Waals surface area contributed by atoms with Crippen molar-refractivity contribution in [1.82, 2.24) is 15.2 Å². The maximum Gasteiger partial charge on any atom is 0.405 e. The van der Waals surface area contributed by atoms with E-state index in [-0.39, 0.29) is 18.9 Å². The molecule has 0 aliphatic carbocycles. The summed E-state index contributed by atoms with van der Waals surface area (Å²) in [6.45, 7) is 0.503. The van der Waals surface area contributed by atoms with E-state index >= 15 is 0 Å². The first kappa shape index (κ1) is 19.4. The number of rotatable bonds is 5. The topological polar surface area (TPSA) is 102 Å².